The minimum atomic E-state index is -0.650. The van der Waals surface area contributed by atoms with Gasteiger partial charge in [0.1, 0.15) is 5.69 Å². The number of nitrogens with zero attached hydrogens (tertiary/aromatic N) is 1. The predicted octanol–water partition coefficient (Wildman–Crippen LogP) is 3.50. The van der Waals surface area contributed by atoms with Crippen LogP contribution in [0, 0.1) is 27.7 Å². The molecule has 0 spiro atoms. The fraction of sp³-hybridized carbons (Fsp3) is 0.476. The molecule has 7 nitrogen and oxygen atoms in total. The van der Waals surface area contributed by atoms with E-state index in [9.17, 15) is 14.4 Å². The molecular weight excluding hydrogens is 360 g/mol. The molecule has 0 unspecified atom stereocenters. The van der Waals surface area contributed by atoms with Crippen LogP contribution in [0.15, 0.2) is 6.07 Å². The molecule has 28 heavy (non-hydrogen) atoms. The first kappa shape index (κ1) is 21.6. The number of ketones is 2. The van der Waals surface area contributed by atoms with Crippen LogP contribution in [0.25, 0.3) is 0 Å². The summed E-state index contributed by atoms with van der Waals surface area (Å²) in [6.07, 6.45) is 0. The summed E-state index contributed by atoms with van der Waals surface area (Å²) in [7, 11) is 1.64. The van der Waals surface area contributed by atoms with E-state index in [1.807, 2.05) is 25.3 Å². The molecule has 7 heteroatoms. The number of methoxy groups -OCH3 is 1. The molecule has 0 aliphatic heterocycles. The summed E-state index contributed by atoms with van der Waals surface area (Å²) in [6.45, 7) is 10.8. The van der Waals surface area contributed by atoms with Crippen LogP contribution in [0.4, 0.5) is 0 Å². The fourth-order valence-electron chi connectivity index (χ4n) is 3.82. The SMILES string of the molecule is COC[C@H](C)n1c(C)cc(C(=O)COC(=O)c2[nH]c(C)c(C(C)=O)c2C)c1C. The molecule has 0 saturated carbocycles. The molecule has 2 aromatic rings. The second-order valence-corrected chi connectivity index (χ2v) is 7.14. The summed E-state index contributed by atoms with van der Waals surface area (Å²) in [5.41, 5.74) is 4.11. The molecule has 1 atom stereocenters. The number of carbonyl (C=O) groups is 3. The van der Waals surface area contributed by atoms with Gasteiger partial charge >= 0.3 is 5.97 Å². The van der Waals surface area contributed by atoms with Crippen LogP contribution in [-0.4, -0.2) is 47.4 Å². The van der Waals surface area contributed by atoms with Crippen LogP contribution >= 0.6 is 0 Å². The zero-order valence-electron chi connectivity index (χ0n) is 17.6. The van der Waals surface area contributed by atoms with Crippen molar-refractivity contribution in [2.75, 3.05) is 20.3 Å². The van der Waals surface area contributed by atoms with Gasteiger partial charge in [0.15, 0.2) is 12.4 Å². The zero-order valence-corrected chi connectivity index (χ0v) is 17.6. The largest absolute Gasteiger partial charge is 0.453 e. The number of aromatic amines is 1. The molecule has 152 valence electrons. The number of aryl methyl sites for hydroxylation is 2. The van der Waals surface area contributed by atoms with E-state index < -0.39 is 5.97 Å². The van der Waals surface area contributed by atoms with Crippen LogP contribution < -0.4 is 0 Å². The minimum absolute atomic E-state index is 0.0867. The fourth-order valence-corrected chi connectivity index (χ4v) is 3.82. The first-order valence-electron chi connectivity index (χ1n) is 9.17. The van der Waals surface area contributed by atoms with E-state index in [2.05, 4.69) is 4.98 Å². The lowest BCUT2D eigenvalue weighted by atomic mass is 10.1. The Morgan fingerprint density at radius 3 is 2.36 bits per heavy atom. The van der Waals surface area contributed by atoms with E-state index in [1.54, 1.807) is 27.0 Å². The number of H-pyrrole nitrogens is 1. The standard InChI is InChI=1S/C21H28N2O5/c1-11-8-17(15(5)23(11)12(2)9-27-7)18(25)10-28-21(26)20-13(3)19(16(6)24)14(4)22-20/h8,12,22H,9-10H2,1-7H3/t12-/m0/s1. The summed E-state index contributed by atoms with van der Waals surface area (Å²) in [5, 5.41) is 0. The van der Waals surface area contributed by atoms with Gasteiger partial charge in [-0.2, -0.15) is 0 Å². The van der Waals surface area contributed by atoms with Gasteiger partial charge in [-0.3, -0.25) is 9.59 Å². The maximum absolute atomic E-state index is 12.6. The summed E-state index contributed by atoms with van der Waals surface area (Å²) in [4.78, 5) is 39.6. The number of Topliss-reactive ketones (excluding diaryl/α,β-unsaturated/α-hetero) is 2. The van der Waals surface area contributed by atoms with Gasteiger partial charge in [-0.05, 0) is 53.2 Å². The summed E-state index contributed by atoms with van der Waals surface area (Å²) in [5.74, 6) is -1.05. The van der Waals surface area contributed by atoms with Crippen molar-refractivity contribution in [3.8, 4) is 0 Å². The highest BCUT2D eigenvalue weighted by molar-refractivity contribution is 6.03. The quantitative estimate of drug-likeness (QED) is 0.552. The number of rotatable bonds is 8. The van der Waals surface area contributed by atoms with Crippen LogP contribution in [0.5, 0.6) is 0 Å². The number of hydrogen-bond acceptors (Lipinski definition) is 5. The second kappa shape index (κ2) is 8.56. The summed E-state index contributed by atoms with van der Waals surface area (Å²) in [6, 6.07) is 1.89. The smallest absolute Gasteiger partial charge is 0.355 e. The topological polar surface area (TPSA) is 90.4 Å². The number of aromatic nitrogens is 2. The monoisotopic (exact) mass is 388 g/mol. The normalized spacial score (nSPS) is 12.1. The Morgan fingerprint density at radius 2 is 1.82 bits per heavy atom. The molecule has 0 amide bonds. The Balaban J connectivity index is 2.15. The van der Waals surface area contributed by atoms with Gasteiger partial charge in [0.25, 0.3) is 0 Å². The Kier molecular flexibility index (Phi) is 6.61. The maximum Gasteiger partial charge on any atom is 0.355 e. The molecule has 1 N–H and O–H groups in total. The van der Waals surface area contributed by atoms with Crippen LogP contribution in [0.3, 0.4) is 0 Å². The molecule has 2 rings (SSSR count). The van der Waals surface area contributed by atoms with Gasteiger partial charge in [0.2, 0.25) is 5.78 Å². The van der Waals surface area contributed by atoms with Gasteiger partial charge in [-0.1, -0.05) is 0 Å². The lowest BCUT2D eigenvalue weighted by Gasteiger charge is -2.17. The third-order valence-corrected chi connectivity index (χ3v) is 4.96. The number of esters is 1. The number of carbonyl (C=O) groups excluding carboxylic acids is 3. The van der Waals surface area contributed by atoms with E-state index in [0.29, 0.717) is 29.0 Å². The number of nitrogens with one attached hydrogen (secondary N) is 1. The highest BCUT2D eigenvalue weighted by Gasteiger charge is 2.23. The molecule has 0 saturated heterocycles. The van der Waals surface area contributed by atoms with E-state index in [1.165, 1.54) is 6.92 Å². The third-order valence-electron chi connectivity index (χ3n) is 4.96. The van der Waals surface area contributed by atoms with Crippen LogP contribution in [0.1, 0.15) is 73.7 Å². The Bertz CT molecular complexity index is 920. The van der Waals surface area contributed by atoms with E-state index in [0.717, 1.165) is 11.4 Å². The second-order valence-electron chi connectivity index (χ2n) is 7.14. The predicted molar refractivity (Wildman–Crippen MR) is 105 cm³/mol. The van der Waals surface area contributed by atoms with Crippen LogP contribution in [-0.2, 0) is 9.47 Å². The Morgan fingerprint density at radius 1 is 1.18 bits per heavy atom. The van der Waals surface area contributed by atoms with Crippen molar-refractivity contribution in [2.24, 2.45) is 0 Å². The Hall–Kier alpha value is -2.67. The average molecular weight is 388 g/mol. The van der Waals surface area contributed by atoms with E-state index in [-0.39, 0.29) is 29.9 Å². The number of hydrogen-bond donors (Lipinski definition) is 1. The molecule has 0 aliphatic rings. The van der Waals surface area contributed by atoms with E-state index >= 15 is 0 Å². The van der Waals surface area contributed by atoms with Crippen molar-refractivity contribution < 1.29 is 23.9 Å². The maximum atomic E-state index is 12.6. The van der Waals surface area contributed by atoms with Gasteiger partial charge < -0.3 is 19.0 Å². The van der Waals surface area contributed by atoms with Crippen molar-refractivity contribution in [2.45, 2.75) is 47.6 Å². The molecule has 2 heterocycles. The van der Waals surface area contributed by atoms with Gasteiger partial charge in [0.05, 0.1) is 12.6 Å². The first-order valence-corrected chi connectivity index (χ1v) is 9.17. The highest BCUT2D eigenvalue weighted by Crippen LogP contribution is 2.22. The molecule has 0 bridgehead atoms. The molecule has 2 aromatic heterocycles. The Labute approximate surface area is 165 Å². The van der Waals surface area contributed by atoms with Gasteiger partial charge in [-0.15, -0.1) is 0 Å². The summed E-state index contributed by atoms with van der Waals surface area (Å²) >= 11 is 0. The molecule has 0 aliphatic carbocycles. The van der Waals surface area contributed by atoms with Crippen molar-refractivity contribution in [1.82, 2.24) is 9.55 Å². The first-order chi connectivity index (χ1) is 13.1. The third kappa shape index (κ3) is 4.09. The lowest BCUT2D eigenvalue weighted by Crippen LogP contribution is -2.17. The molecule has 0 fully saturated rings. The lowest BCUT2D eigenvalue weighted by molar-refractivity contribution is 0.0468. The number of ether oxygens (including phenoxy) is 2. The minimum Gasteiger partial charge on any atom is -0.453 e. The highest BCUT2D eigenvalue weighted by atomic mass is 16.5. The summed E-state index contributed by atoms with van der Waals surface area (Å²) < 4.78 is 12.5. The zero-order chi connectivity index (χ0) is 21.2. The van der Waals surface area contributed by atoms with E-state index in [4.69, 9.17) is 9.47 Å². The van der Waals surface area contributed by atoms with Gasteiger partial charge in [0, 0.05) is 35.3 Å². The average Bonchev–Trinajstić information content (AvgIpc) is 3.08. The van der Waals surface area contributed by atoms with Crippen molar-refractivity contribution in [1.29, 1.82) is 0 Å². The van der Waals surface area contributed by atoms with Crippen molar-refractivity contribution >= 4 is 17.5 Å². The molecule has 0 aromatic carbocycles. The molecular formula is C21H28N2O5. The van der Waals surface area contributed by atoms with Gasteiger partial charge in [-0.25, -0.2) is 4.79 Å². The van der Waals surface area contributed by atoms with Crippen molar-refractivity contribution in [3.05, 3.63) is 45.5 Å². The van der Waals surface area contributed by atoms with Crippen LogP contribution in [0.2, 0.25) is 0 Å². The van der Waals surface area contributed by atoms with Crippen molar-refractivity contribution in [3.63, 3.8) is 0 Å². The molecule has 0 radical (unpaired) electrons.